The van der Waals surface area contributed by atoms with Crippen LogP contribution in [0.2, 0.25) is 0 Å². The van der Waals surface area contributed by atoms with E-state index in [2.05, 4.69) is 35.1 Å². The first-order valence-corrected chi connectivity index (χ1v) is 29.7. The zero-order chi connectivity index (χ0) is 57.7. The second kappa shape index (κ2) is 24.9. The molecule has 3 heterocycles. The molecule has 1 saturated heterocycles. The topological polar surface area (TPSA) is 254 Å². The van der Waals surface area contributed by atoms with Crippen LogP contribution < -0.4 is 4.90 Å². The smallest absolute Gasteiger partial charge is 0.335 e. The number of anilines is 1. The number of allylic oxidation sites excluding steroid dienone is 8. The average molecular weight is 1160 g/mol. The molecule has 20 nitrogen and oxygen atoms in total. The zero-order valence-corrected chi connectivity index (χ0v) is 48.6. The highest BCUT2D eigenvalue weighted by atomic mass is 32.2. The summed E-state index contributed by atoms with van der Waals surface area (Å²) in [5.74, 6) is -2.11. The van der Waals surface area contributed by atoms with Gasteiger partial charge in [0.25, 0.3) is 21.9 Å². The van der Waals surface area contributed by atoms with E-state index in [1.54, 1.807) is 11.7 Å². The highest BCUT2D eigenvalue weighted by Gasteiger charge is 2.52. The molecule has 23 heteroatoms. The Hall–Kier alpha value is -5.15. The van der Waals surface area contributed by atoms with Gasteiger partial charge in [-0.3, -0.25) is 18.7 Å². The Kier molecular flexibility index (Phi) is 19.4. The third kappa shape index (κ3) is 14.7. The van der Waals surface area contributed by atoms with Gasteiger partial charge in [-0.1, -0.05) is 29.3 Å². The maximum atomic E-state index is 13.6. The number of rotatable bonds is 24. The van der Waals surface area contributed by atoms with Gasteiger partial charge in [0.2, 0.25) is 5.69 Å². The van der Waals surface area contributed by atoms with Crippen LogP contribution in [-0.2, 0) is 78.6 Å². The van der Waals surface area contributed by atoms with E-state index in [1.807, 2.05) is 78.8 Å². The van der Waals surface area contributed by atoms with Crippen LogP contribution in [0.3, 0.4) is 0 Å². The second-order valence-electron chi connectivity index (χ2n) is 22.2. The second-order valence-corrected chi connectivity index (χ2v) is 25.8. The van der Waals surface area contributed by atoms with Gasteiger partial charge in [0.15, 0.2) is 17.2 Å². The Labute approximate surface area is 466 Å². The largest absolute Gasteiger partial charge is 0.383 e. The number of ether oxygens (including phenoxy) is 4. The van der Waals surface area contributed by atoms with Gasteiger partial charge in [-0.05, 0) is 157 Å². The molecule has 0 spiro atoms. The van der Waals surface area contributed by atoms with E-state index in [1.165, 1.54) is 18.2 Å². The first kappa shape index (κ1) is 61.5. The number of hydrogen-bond acceptors (Lipinski definition) is 17. The van der Waals surface area contributed by atoms with Crippen LogP contribution in [-0.4, -0.2) is 129 Å². The number of fused-ring (bicyclic) bond motifs is 4. The Morgan fingerprint density at radius 1 is 0.810 bits per heavy atom. The minimum Gasteiger partial charge on any atom is -0.383 e. The summed E-state index contributed by atoms with van der Waals surface area (Å²) in [7, 11) is -8.11. The lowest BCUT2D eigenvalue weighted by Gasteiger charge is -2.31. The molecule has 3 aromatic rings. The molecular weight excluding hydrogens is 1080 g/mol. The molecule has 2 atom stereocenters. The van der Waals surface area contributed by atoms with Gasteiger partial charge in [0.05, 0.1) is 53.2 Å². The van der Waals surface area contributed by atoms with Crippen molar-refractivity contribution in [2.45, 2.75) is 143 Å². The third-order valence-electron chi connectivity index (χ3n) is 14.3. The van der Waals surface area contributed by atoms with E-state index in [0.717, 1.165) is 63.9 Å². The summed E-state index contributed by atoms with van der Waals surface area (Å²) in [6.07, 6.45) is 13.1. The van der Waals surface area contributed by atoms with Crippen molar-refractivity contribution in [2.24, 2.45) is 0 Å². The summed E-state index contributed by atoms with van der Waals surface area (Å²) in [5.41, 5.74) is 3.70. The number of nitrogens with zero attached hydrogens (tertiary/aromatic N) is 3. The predicted octanol–water partition coefficient (Wildman–Crippen LogP) is 9.44. The number of carbonyl (C=O) groups excluding carboxylic acids is 3. The summed E-state index contributed by atoms with van der Waals surface area (Å²) < 4.78 is 104. The van der Waals surface area contributed by atoms with Crippen LogP contribution in [0.25, 0.3) is 10.8 Å². The summed E-state index contributed by atoms with van der Waals surface area (Å²) in [6.45, 7) is 17.3. The third-order valence-corrected chi connectivity index (χ3v) is 16.6. The molecule has 2 unspecified atom stereocenters. The van der Waals surface area contributed by atoms with Crippen LogP contribution in [0.4, 0.5) is 11.4 Å². The number of methoxy groups -OCH3 is 1. The molecule has 2 amide bonds. The minimum atomic E-state index is -5.04. The van der Waals surface area contributed by atoms with Crippen LogP contribution >= 0.6 is 12.0 Å². The lowest BCUT2D eigenvalue weighted by Crippen LogP contribution is -2.35. The van der Waals surface area contributed by atoms with Gasteiger partial charge in [0, 0.05) is 73.0 Å². The van der Waals surface area contributed by atoms with Gasteiger partial charge < -0.3 is 28.7 Å². The normalized spacial score (nSPS) is 21.1. The maximum absolute atomic E-state index is 13.6. The average Bonchev–Trinajstić information content (AvgIpc) is 3.50. The molecule has 3 aliphatic heterocycles. The molecule has 4 aliphatic rings. The summed E-state index contributed by atoms with van der Waals surface area (Å²) in [4.78, 5) is 43.8. The summed E-state index contributed by atoms with van der Waals surface area (Å²) in [5, 5.41) is 13.9. The van der Waals surface area contributed by atoms with Gasteiger partial charge in [-0.25, -0.2) is 10.1 Å². The first-order chi connectivity index (χ1) is 37.1. The highest BCUT2D eigenvalue weighted by Crippen LogP contribution is 2.52. The molecule has 3 N–H and O–H groups in total. The number of carbonyl (C=O) groups is 3. The Balaban J connectivity index is 1.32. The molecule has 3 aromatic carbocycles. The molecule has 0 aromatic heterocycles. The Morgan fingerprint density at radius 2 is 1.49 bits per heavy atom. The van der Waals surface area contributed by atoms with Gasteiger partial charge in [-0.15, -0.1) is 9.40 Å². The van der Waals surface area contributed by atoms with Crippen molar-refractivity contribution < 1.29 is 83.3 Å². The summed E-state index contributed by atoms with van der Waals surface area (Å²) >= 11 is 0.891. The number of hydroxylamine groups is 2. The van der Waals surface area contributed by atoms with Crippen LogP contribution in [0.15, 0.2) is 104 Å². The monoisotopic (exact) mass is 1150 g/mol. The zero-order valence-electron chi connectivity index (χ0n) is 46.2. The van der Waals surface area contributed by atoms with Crippen molar-refractivity contribution in [1.82, 2.24) is 5.06 Å². The van der Waals surface area contributed by atoms with Crippen molar-refractivity contribution >= 4 is 77.9 Å². The summed E-state index contributed by atoms with van der Waals surface area (Å²) in [6, 6.07) is 11.0. The number of imide groups is 1. The molecule has 0 radical (unpaired) electrons. The fraction of sp³-hybridized carbons (Fsp3) is 0.500. The Morgan fingerprint density at radius 3 is 2.13 bits per heavy atom. The van der Waals surface area contributed by atoms with E-state index < -0.39 is 64.2 Å². The van der Waals surface area contributed by atoms with Gasteiger partial charge in [-0.2, -0.15) is 21.4 Å². The van der Waals surface area contributed by atoms with E-state index in [9.17, 15) is 40.3 Å². The molecule has 430 valence electrons. The quantitative estimate of drug-likeness (QED) is 0.0144. The van der Waals surface area contributed by atoms with Crippen molar-refractivity contribution in [2.75, 3.05) is 58.1 Å². The molecule has 0 bridgehead atoms. The number of benzene rings is 3. The minimum absolute atomic E-state index is 0.0145. The van der Waals surface area contributed by atoms with Crippen molar-refractivity contribution in [3.05, 3.63) is 101 Å². The number of hydrogen-bond donors (Lipinski definition) is 3. The van der Waals surface area contributed by atoms with Gasteiger partial charge >= 0.3 is 16.1 Å². The van der Waals surface area contributed by atoms with Crippen LogP contribution in [0.5, 0.6) is 0 Å². The standard InChI is InChI=1S/C56H71N3O17S3/c1-53(2,3)72-29-24-55(7)43-36-40(77-76-75-63)15-18-44(43)57(26-31-70-9)46(55)19-13-37-11-10-12-38(33-37)14-20-47-56(8,25-30-73-54(4,5)6)51-42-17-16-41(78(64,65)66)34-39(42)35-45(79(67,68)69)52(51)58(47)27-32-71-28-23-50(62)74-59-48(60)21-22-49(59)61/h13-20,33-36H,10-12,21-32H2,1-9H3,(H2-,63,64,65,66,67,68,69)/p+1. The van der Waals surface area contributed by atoms with Crippen molar-refractivity contribution in [1.29, 1.82) is 0 Å². The van der Waals surface area contributed by atoms with Crippen LogP contribution in [0.1, 0.15) is 118 Å². The molecule has 1 fully saturated rings. The molecule has 1 aliphatic carbocycles. The van der Waals surface area contributed by atoms with E-state index >= 15 is 0 Å². The van der Waals surface area contributed by atoms with E-state index in [-0.39, 0.29) is 68.7 Å². The fourth-order valence-electron chi connectivity index (χ4n) is 10.5. The predicted molar refractivity (Wildman–Crippen MR) is 295 cm³/mol. The molecule has 7 rings (SSSR count). The fourth-order valence-corrected chi connectivity index (χ4v) is 12.2. The van der Waals surface area contributed by atoms with E-state index in [0.29, 0.717) is 54.3 Å². The highest BCUT2D eigenvalue weighted by molar-refractivity contribution is 7.94. The number of amides is 2. The molecule has 79 heavy (non-hydrogen) atoms. The van der Waals surface area contributed by atoms with Gasteiger partial charge in [0.1, 0.15) is 6.61 Å². The SMILES string of the molecule is COCCN1/C(=C/C=C2C=C(/C=C/C3=[N+](CCOCCC(=O)ON4C(=O)CCC4=O)c4c(S(=O)(=O)O)cc5cc(S(=O)(=O)O)ccc5c4C3(C)CCOC(C)(C)C)CCC/2)C(C)(CCOC(C)(C)C)c2cc(SOOO)ccc21. The van der Waals surface area contributed by atoms with Crippen LogP contribution in [0, 0.1) is 0 Å². The van der Waals surface area contributed by atoms with Crippen molar-refractivity contribution in [3.63, 3.8) is 0 Å². The first-order valence-electron chi connectivity index (χ1n) is 26.1. The lowest BCUT2D eigenvalue weighted by atomic mass is 9.74. The molecular formula is C56H72N3O17S3+. The Bertz CT molecular complexity index is 3210. The van der Waals surface area contributed by atoms with Crippen molar-refractivity contribution in [3.8, 4) is 0 Å². The molecule has 0 saturated carbocycles. The lowest BCUT2D eigenvalue weighted by molar-refractivity contribution is -0.444. The maximum Gasteiger partial charge on any atom is 0.335 e. The van der Waals surface area contributed by atoms with E-state index in [4.69, 9.17) is 33.4 Å².